The van der Waals surface area contributed by atoms with Crippen molar-refractivity contribution in [1.82, 2.24) is 10.2 Å². The lowest BCUT2D eigenvalue weighted by molar-refractivity contribution is -0.148. The Hall–Kier alpha value is -1.31. The average Bonchev–Trinajstić information content (AvgIpc) is 2.34. The summed E-state index contributed by atoms with van der Waals surface area (Å²) >= 11 is 0. The number of nitrogens with one attached hydrogen (secondary N) is 1. The number of carbonyl (C=O) groups is 2. The Kier molecular flexibility index (Phi) is 5.38. The SMILES string of the molecule is CC(C)C(=O)N1CC(NCC(F)(F)F)CC(C(=O)O)C1. The number of carbonyl (C=O) groups excluding carboxylic acids is 1. The van der Waals surface area contributed by atoms with Crippen LogP contribution < -0.4 is 5.32 Å². The largest absolute Gasteiger partial charge is 0.481 e. The van der Waals surface area contributed by atoms with E-state index in [0.717, 1.165) is 0 Å². The summed E-state index contributed by atoms with van der Waals surface area (Å²) in [5.41, 5.74) is 0. The van der Waals surface area contributed by atoms with Crippen molar-refractivity contribution in [2.45, 2.75) is 32.5 Å². The molecule has 1 aliphatic heterocycles. The molecule has 20 heavy (non-hydrogen) atoms. The normalized spacial score (nSPS) is 24.0. The van der Waals surface area contributed by atoms with Gasteiger partial charge in [-0.1, -0.05) is 13.8 Å². The lowest BCUT2D eigenvalue weighted by Gasteiger charge is -2.37. The van der Waals surface area contributed by atoms with Crippen LogP contribution in [0.2, 0.25) is 0 Å². The standard InChI is InChI=1S/C12H19F3N2O3/c1-7(2)10(18)17-4-8(11(19)20)3-9(5-17)16-6-12(13,14)15/h7-9,16H,3-6H2,1-2H3,(H,19,20). The van der Waals surface area contributed by atoms with E-state index in [1.807, 2.05) is 0 Å². The van der Waals surface area contributed by atoms with Crippen LogP contribution in [0.3, 0.4) is 0 Å². The average molecular weight is 296 g/mol. The van der Waals surface area contributed by atoms with Gasteiger partial charge >= 0.3 is 12.1 Å². The van der Waals surface area contributed by atoms with Crippen molar-refractivity contribution in [3.8, 4) is 0 Å². The van der Waals surface area contributed by atoms with Gasteiger partial charge in [-0.25, -0.2) is 0 Å². The Balaban J connectivity index is 2.70. The number of alkyl halides is 3. The maximum atomic E-state index is 12.2. The monoisotopic (exact) mass is 296 g/mol. The van der Waals surface area contributed by atoms with Gasteiger partial charge in [0.2, 0.25) is 5.91 Å². The number of likely N-dealkylation sites (tertiary alicyclic amines) is 1. The minimum Gasteiger partial charge on any atom is -0.481 e. The molecule has 1 fully saturated rings. The molecule has 2 atom stereocenters. The van der Waals surface area contributed by atoms with Crippen LogP contribution in [-0.2, 0) is 9.59 Å². The van der Waals surface area contributed by atoms with Gasteiger partial charge in [0.05, 0.1) is 12.5 Å². The molecule has 2 unspecified atom stereocenters. The zero-order valence-corrected chi connectivity index (χ0v) is 11.4. The molecule has 0 aromatic carbocycles. The summed E-state index contributed by atoms with van der Waals surface area (Å²) in [6.45, 7) is 2.32. The highest BCUT2D eigenvalue weighted by Crippen LogP contribution is 2.20. The summed E-state index contributed by atoms with van der Waals surface area (Å²) in [4.78, 5) is 24.3. The number of piperidine rings is 1. The van der Waals surface area contributed by atoms with E-state index in [2.05, 4.69) is 5.32 Å². The molecule has 5 nitrogen and oxygen atoms in total. The molecular formula is C12H19F3N2O3. The van der Waals surface area contributed by atoms with Gasteiger partial charge in [0, 0.05) is 25.0 Å². The molecule has 1 amide bonds. The van der Waals surface area contributed by atoms with Crippen molar-refractivity contribution in [3.05, 3.63) is 0 Å². The number of amides is 1. The highest BCUT2D eigenvalue weighted by atomic mass is 19.4. The maximum Gasteiger partial charge on any atom is 0.401 e. The zero-order chi connectivity index (χ0) is 15.5. The Morgan fingerprint density at radius 3 is 2.40 bits per heavy atom. The van der Waals surface area contributed by atoms with Crippen molar-refractivity contribution in [2.75, 3.05) is 19.6 Å². The van der Waals surface area contributed by atoms with Crippen LogP contribution in [-0.4, -0.2) is 53.7 Å². The number of hydrogen-bond acceptors (Lipinski definition) is 3. The molecular weight excluding hydrogens is 277 g/mol. The number of nitrogens with zero attached hydrogens (tertiary/aromatic N) is 1. The minimum absolute atomic E-state index is 0.0521. The number of hydrogen-bond donors (Lipinski definition) is 2. The fraction of sp³-hybridized carbons (Fsp3) is 0.833. The minimum atomic E-state index is -4.36. The summed E-state index contributed by atoms with van der Waals surface area (Å²) in [7, 11) is 0. The summed E-state index contributed by atoms with van der Waals surface area (Å²) in [6, 6.07) is -0.658. The molecule has 1 saturated heterocycles. The first-order valence-electron chi connectivity index (χ1n) is 6.42. The molecule has 0 saturated carbocycles. The predicted molar refractivity (Wildman–Crippen MR) is 65.0 cm³/mol. The van der Waals surface area contributed by atoms with Crippen LogP contribution >= 0.6 is 0 Å². The molecule has 8 heteroatoms. The van der Waals surface area contributed by atoms with E-state index in [-0.39, 0.29) is 31.3 Å². The molecule has 0 aromatic heterocycles. The topological polar surface area (TPSA) is 69.6 Å². The van der Waals surface area contributed by atoms with E-state index in [9.17, 15) is 22.8 Å². The third-order valence-electron chi connectivity index (χ3n) is 3.20. The molecule has 0 spiro atoms. The van der Waals surface area contributed by atoms with Crippen molar-refractivity contribution in [2.24, 2.45) is 11.8 Å². The summed E-state index contributed by atoms with van der Waals surface area (Å²) < 4.78 is 36.6. The van der Waals surface area contributed by atoms with E-state index in [0.29, 0.717) is 0 Å². The second-order valence-corrected chi connectivity index (χ2v) is 5.36. The predicted octanol–water partition coefficient (Wildman–Crippen LogP) is 1.10. The summed E-state index contributed by atoms with van der Waals surface area (Å²) in [5, 5.41) is 11.3. The molecule has 0 radical (unpaired) electrons. The van der Waals surface area contributed by atoms with E-state index < -0.39 is 30.7 Å². The van der Waals surface area contributed by atoms with Crippen molar-refractivity contribution in [1.29, 1.82) is 0 Å². The van der Waals surface area contributed by atoms with Gasteiger partial charge in [0.25, 0.3) is 0 Å². The van der Waals surface area contributed by atoms with Crippen LogP contribution in [0.5, 0.6) is 0 Å². The Morgan fingerprint density at radius 1 is 1.35 bits per heavy atom. The third-order valence-corrected chi connectivity index (χ3v) is 3.20. The second-order valence-electron chi connectivity index (χ2n) is 5.36. The van der Waals surface area contributed by atoms with Gasteiger partial charge in [-0.05, 0) is 6.42 Å². The molecule has 2 N–H and O–H groups in total. The molecule has 116 valence electrons. The smallest absolute Gasteiger partial charge is 0.401 e. The van der Waals surface area contributed by atoms with E-state index in [4.69, 9.17) is 5.11 Å². The fourth-order valence-electron chi connectivity index (χ4n) is 2.23. The molecule has 0 bridgehead atoms. The Bertz CT molecular complexity index is 371. The van der Waals surface area contributed by atoms with Crippen LogP contribution in [0.1, 0.15) is 20.3 Å². The highest BCUT2D eigenvalue weighted by molar-refractivity contribution is 5.79. The van der Waals surface area contributed by atoms with Gasteiger partial charge in [0.15, 0.2) is 0 Å². The number of carboxylic acids is 1. The van der Waals surface area contributed by atoms with Gasteiger partial charge < -0.3 is 15.3 Å². The molecule has 1 heterocycles. The lowest BCUT2D eigenvalue weighted by atomic mass is 9.93. The summed E-state index contributed by atoms with van der Waals surface area (Å²) in [6.07, 6.45) is -4.27. The highest BCUT2D eigenvalue weighted by Gasteiger charge is 2.36. The molecule has 1 aliphatic rings. The maximum absolute atomic E-state index is 12.2. The molecule has 0 aliphatic carbocycles. The number of rotatable bonds is 4. The van der Waals surface area contributed by atoms with Crippen LogP contribution in [0, 0.1) is 11.8 Å². The van der Waals surface area contributed by atoms with Crippen LogP contribution in [0.15, 0.2) is 0 Å². The fourth-order valence-corrected chi connectivity index (χ4v) is 2.23. The summed E-state index contributed by atoms with van der Waals surface area (Å²) in [5.74, 6) is -2.48. The number of aliphatic carboxylic acids is 1. The van der Waals surface area contributed by atoms with E-state index >= 15 is 0 Å². The first kappa shape index (κ1) is 16.7. The molecule has 1 rings (SSSR count). The van der Waals surface area contributed by atoms with Crippen LogP contribution in [0.4, 0.5) is 13.2 Å². The first-order valence-corrected chi connectivity index (χ1v) is 6.42. The van der Waals surface area contributed by atoms with E-state index in [1.165, 1.54) is 4.90 Å². The second kappa shape index (κ2) is 6.43. The first-order chi connectivity index (χ1) is 9.10. The number of halogens is 3. The Labute approximate surface area is 115 Å². The van der Waals surface area contributed by atoms with Gasteiger partial charge in [-0.2, -0.15) is 13.2 Å². The van der Waals surface area contributed by atoms with Crippen molar-refractivity contribution in [3.63, 3.8) is 0 Å². The van der Waals surface area contributed by atoms with Crippen molar-refractivity contribution < 1.29 is 27.9 Å². The lowest BCUT2D eigenvalue weighted by Crippen LogP contribution is -2.54. The molecule has 0 aromatic rings. The Morgan fingerprint density at radius 2 is 1.95 bits per heavy atom. The number of carboxylic acid groups (broad SMARTS) is 1. The van der Waals surface area contributed by atoms with E-state index in [1.54, 1.807) is 13.8 Å². The van der Waals surface area contributed by atoms with Gasteiger partial charge in [-0.15, -0.1) is 0 Å². The van der Waals surface area contributed by atoms with Crippen molar-refractivity contribution >= 4 is 11.9 Å². The van der Waals surface area contributed by atoms with Gasteiger partial charge in [0.1, 0.15) is 0 Å². The third kappa shape index (κ3) is 4.99. The quantitative estimate of drug-likeness (QED) is 0.815. The van der Waals surface area contributed by atoms with Crippen LogP contribution in [0.25, 0.3) is 0 Å². The van der Waals surface area contributed by atoms with Gasteiger partial charge in [-0.3, -0.25) is 9.59 Å². The zero-order valence-electron chi connectivity index (χ0n) is 11.4.